The molecule has 218 valence electrons. The normalized spacial score (nSPS) is 14.1. The third kappa shape index (κ3) is 6.88. The highest BCUT2D eigenvalue weighted by molar-refractivity contribution is 6.39. The van der Waals surface area contributed by atoms with Crippen molar-refractivity contribution in [3.05, 3.63) is 123 Å². The Morgan fingerprint density at radius 1 is 0.814 bits per heavy atom. The van der Waals surface area contributed by atoms with Crippen LogP contribution in [0.4, 0.5) is 10.5 Å². The minimum atomic E-state index is -0.851. The van der Waals surface area contributed by atoms with E-state index in [1.165, 1.54) is 13.2 Å². The number of anilines is 1. The van der Waals surface area contributed by atoms with E-state index in [2.05, 4.69) is 5.32 Å². The molecule has 0 unspecified atom stereocenters. The lowest BCUT2D eigenvalue weighted by atomic mass is 10.1. The number of urea groups is 1. The fraction of sp³-hybridized carbons (Fsp3) is 0.147. The van der Waals surface area contributed by atoms with Gasteiger partial charge in [-0.2, -0.15) is 0 Å². The summed E-state index contributed by atoms with van der Waals surface area (Å²) in [5.41, 5.74) is 4.68. The van der Waals surface area contributed by atoms with Crippen LogP contribution < -0.4 is 24.4 Å². The molecular weight excluding hydrogens is 568 g/mol. The number of ether oxygens (including phenoxy) is 3. The number of halogens is 1. The van der Waals surface area contributed by atoms with Crippen LogP contribution in [0, 0.1) is 13.8 Å². The second-order valence-electron chi connectivity index (χ2n) is 10.0. The van der Waals surface area contributed by atoms with Gasteiger partial charge < -0.3 is 14.2 Å². The summed E-state index contributed by atoms with van der Waals surface area (Å²) in [4.78, 5) is 39.8. The Hall–Kier alpha value is -5.08. The first kappa shape index (κ1) is 29.4. The van der Waals surface area contributed by atoms with E-state index in [0.717, 1.165) is 27.2 Å². The molecule has 1 heterocycles. The summed E-state index contributed by atoms with van der Waals surface area (Å²) >= 11 is 6.54. The highest BCUT2D eigenvalue weighted by Crippen LogP contribution is 2.38. The molecule has 1 aliphatic heterocycles. The number of nitrogens with zero attached hydrogens (tertiary/aromatic N) is 1. The maximum absolute atomic E-state index is 13.4. The van der Waals surface area contributed by atoms with Crippen LogP contribution in [0.5, 0.6) is 17.2 Å². The number of amides is 4. The molecule has 0 aliphatic carbocycles. The van der Waals surface area contributed by atoms with Gasteiger partial charge in [-0.05, 0) is 73.0 Å². The molecule has 4 aromatic carbocycles. The van der Waals surface area contributed by atoms with Crippen molar-refractivity contribution in [3.8, 4) is 17.2 Å². The van der Waals surface area contributed by atoms with Gasteiger partial charge in [-0.15, -0.1) is 0 Å². The minimum Gasteiger partial charge on any atom is -0.493 e. The number of barbiturate groups is 1. The molecule has 5 rings (SSSR count). The van der Waals surface area contributed by atoms with Crippen LogP contribution in [0.25, 0.3) is 6.08 Å². The van der Waals surface area contributed by atoms with Gasteiger partial charge in [-0.25, -0.2) is 9.69 Å². The van der Waals surface area contributed by atoms with Gasteiger partial charge in [0.05, 0.1) is 17.8 Å². The minimum absolute atomic E-state index is 0.233. The summed E-state index contributed by atoms with van der Waals surface area (Å²) in [5.74, 6) is -0.387. The van der Waals surface area contributed by atoms with Crippen molar-refractivity contribution in [2.75, 3.05) is 12.0 Å². The Kier molecular flexibility index (Phi) is 8.78. The van der Waals surface area contributed by atoms with Crippen molar-refractivity contribution in [3.63, 3.8) is 0 Å². The van der Waals surface area contributed by atoms with E-state index in [-0.39, 0.29) is 22.9 Å². The molecule has 0 aromatic heterocycles. The van der Waals surface area contributed by atoms with Crippen LogP contribution in [-0.2, 0) is 22.8 Å². The number of aryl methyl sites for hydroxylation is 2. The summed E-state index contributed by atoms with van der Waals surface area (Å²) in [5, 5.41) is 2.46. The average Bonchev–Trinajstić information content (AvgIpc) is 2.99. The SMILES string of the molecule is COc1cc(/C=C2\C(=O)NC(=O)N(c3ccc(OCc4ccc(C)cc4)cc3)C2=O)cc(Cl)c1OCc1cccc(C)c1. The van der Waals surface area contributed by atoms with Crippen molar-refractivity contribution in [2.24, 2.45) is 0 Å². The van der Waals surface area contributed by atoms with E-state index in [0.29, 0.717) is 29.4 Å². The van der Waals surface area contributed by atoms with Crippen LogP contribution in [0.3, 0.4) is 0 Å². The Morgan fingerprint density at radius 3 is 2.23 bits per heavy atom. The molecule has 0 spiro atoms. The molecule has 1 saturated heterocycles. The molecule has 9 heteroatoms. The number of rotatable bonds is 9. The molecule has 0 atom stereocenters. The predicted molar refractivity (Wildman–Crippen MR) is 164 cm³/mol. The van der Waals surface area contributed by atoms with Gasteiger partial charge >= 0.3 is 6.03 Å². The number of nitrogens with one attached hydrogen (secondary N) is 1. The molecular formula is C34H29ClN2O6. The fourth-order valence-electron chi connectivity index (χ4n) is 4.52. The Bertz CT molecular complexity index is 1710. The van der Waals surface area contributed by atoms with E-state index >= 15 is 0 Å². The molecule has 0 saturated carbocycles. The lowest BCUT2D eigenvalue weighted by molar-refractivity contribution is -0.122. The maximum atomic E-state index is 13.4. The second kappa shape index (κ2) is 12.8. The number of carbonyl (C=O) groups is 3. The summed E-state index contributed by atoms with van der Waals surface area (Å²) in [6.07, 6.45) is 1.36. The standard InChI is InChI=1S/C34H29ClN2O6/c1-21-7-9-23(10-8-21)19-42-27-13-11-26(12-14-27)37-33(39)28(32(38)36-34(37)40)16-25-17-29(35)31(30(18-25)41-3)43-20-24-6-4-5-22(2)15-24/h4-18H,19-20H2,1-3H3,(H,36,38,40)/b28-16+. The third-order valence-corrected chi connectivity index (χ3v) is 7.03. The van der Waals surface area contributed by atoms with E-state index in [9.17, 15) is 14.4 Å². The molecule has 8 nitrogen and oxygen atoms in total. The zero-order chi connectivity index (χ0) is 30.5. The predicted octanol–water partition coefficient (Wildman–Crippen LogP) is 6.79. The van der Waals surface area contributed by atoms with Gasteiger partial charge in [-0.1, -0.05) is 71.3 Å². The number of benzene rings is 4. The topological polar surface area (TPSA) is 94.2 Å². The van der Waals surface area contributed by atoms with Crippen molar-refractivity contribution in [2.45, 2.75) is 27.1 Å². The first-order valence-corrected chi connectivity index (χ1v) is 13.9. The number of hydrogen-bond donors (Lipinski definition) is 1. The van der Waals surface area contributed by atoms with Gasteiger partial charge in [0, 0.05) is 0 Å². The van der Waals surface area contributed by atoms with E-state index in [1.54, 1.807) is 36.4 Å². The molecule has 0 bridgehead atoms. The quantitative estimate of drug-likeness (QED) is 0.169. The van der Waals surface area contributed by atoms with E-state index in [1.807, 2.05) is 62.4 Å². The fourth-order valence-corrected chi connectivity index (χ4v) is 4.80. The van der Waals surface area contributed by atoms with Crippen LogP contribution in [0.15, 0.2) is 90.5 Å². The van der Waals surface area contributed by atoms with Crippen LogP contribution in [0.2, 0.25) is 5.02 Å². The van der Waals surface area contributed by atoms with Crippen LogP contribution in [-0.4, -0.2) is 25.0 Å². The molecule has 43 heavy (non-hydrogen) atoms. The lowest BCUT2D eigenvalue weighted by Gasteiger charge is -2.26. The zero-order valence-electron chi connectivity index (χ0n) is 23.8. The maximum Gasteiger partial charge on any atom is 0.335 e. The lowest BCUT2D eigenvalue weighted by Crippen LogP contribution is -2.54. The van der Waals surface area contributed by atoms with Crippen LogP contribution >= 0.6 is 11.6 Å². The summed E-state index contributed by atoms with van der Waals surface area (Å²) in [6.45, 7) is 4.65. The molecule has 1 fully saturated rings. The van der Waals surface area contributed by atoms with Gasteiger partial charge in [0.2, 0.25) is 0 Å². The molecule has 4 amide bonds. The largest absolute Gasteiger partial charge is 0.493 e. The Labute approximate surface area is 254 Å². The van der Waals surface area contributed by atoms with Crippen molar-refractivity contribution in [1.29, 1.82) is 0 Å². The molecule has 1 N–H and O–H groups in total. The third-order valence-electron chi connectivity index (χ3n) is 6.75. The Balaban J connectivity index is 1.34. The number of hydrogen-bond acceptors (Lipinski definition) is 6. The van der Waals surface area contributed by atoms with E-state index in [4.69, 9.17) is 25.8 Å². The van der Waals surface area contributed by atoms with Crippen LogP contribution in [0.1, 0.15) is 27.8 Å². The van der Waals surface area contributed by atoms with Crippen molar-refractivity contribution >= 4 is 41.2 Å². The molecule has 4 aromatic rings. The van der Waals surface area contributed by atoms with Gasteiger partial charge in [-0.3, -0.25) is 14.9 Å². The van der Waals surface area contributed by atoms with Crippen molar-refractivity contribution in [1.82, 2.24) is 5.32 Å². The van der Waals surface area contributed by atoms with Gasteiger partial charge in [0.15, 0.2) is 11.5 Å². The monoisotopic (exact) mass is 596 g/mol. The smallest absolute Gasteiger partial charge is 0.335 e. The zero-order valence-corrected chi connectivity index (χ0v) is 24.6. The summed E-state index contributed by atoms with van der Waals surface area (Å²) < 4.78 is 17.3. The average molecular weight is 597 g/mol. The first-order chi connectivity index (χ1) is 20.7. The van der Waals surface area contributed by atoms with Crippen molar-refractivity contribution < 1.29 is 28.6 Å². The first-order valence-electron chi connectivity index (χ1n) is 13.5. The number of carbonyl (C=O) groups excluding carboxylic acids is 3. The number of methoxy groups -OCH3 is 1. The number of imide groups is 2. The van der Waals surface area contributed by atoms with E-state index < -0.39 is 17.8 Å². The van der Waals surface area contributed by atoms with Gasteiger partial charge in [0.1, 0.15) is 24.5 Å². The second-order valence-corrected chi connectivity index (χ2v) is 10.4. The molecule has 0 radical (unpaired) electrons. The summed E-state index contributed by atoms with van der Waals surface area (Å²) in [6, 6.07) is 24.7. The highest BCUT2D eigenvalue weighted by Gasteiger charge is 2.37. The molecule has 1 aliphatic rings. The Morgan fingerprint density at radius 2 is 1.53 bits per heavy atom. The highest BCUT2D eigenvalue weighted by atomic mass is 35.5. The summed E-state index contributed by atoms with van der Waals surface area (Å²) in [7, 11) is 1.47. The van der Waals surface area contributed by atoms with Gasteiger partial charge in [0.25, 0.3) is 11.8 Å².